The summed E-state index contributed by atoms with van der Waals surface area (Å²) in [6, 6.07) is 0. The summed E-state index contributed by atoms with van der Waals surface area (Å²) in [5, 5.41) is 10.00. The number of hydrogen-bond donors (Lipinski definition) is 1. The second-order valence-electron chi connectivity index (χ2n) is 12.8. The van der Waals surface area contributed by atoms with E-state index in [1.165, 1.54) is 13.8 Å². The lowest BCUT2D eigenvalue weighted by molar-refractivity contribution is -0.233. The number of allylic oxidation sites excluding steroid dienone is 2. The molecular formula is C26H38F6O. The molecule has 0 bridgehead atoms. The first-order valence-corrected chi connectivity index (χ1v) is 12.4. The Labute approximate surface area is 193 Å². The lowest BCUT2D eigenvalue weighted by Crippen LogP contribution is -2.57. The van der Waals surface area contributed by atoms with E-state index in [0.717, 1.165) is 24.8 Å². The first-order chi connectivity index (χ1) is 14.9. The second kappa shape index (κ2) is 7.39. The molecule has 0 aromatic rings. The number of aliphatic hydroxyl groups excluding tert-OH is 1. The molecule has 4 aliphatic carbocycles. The van der Waals surface area contributed by atoms with Gasteiger partial charge in [0.1, 0.15) is 0 Å². The van der Waals surface area contributed by atoms with Crippen molar-refractivity contribution in [2.24, 2.45) is 45.3 Å². The van der Waals surface area contributed by atoms with Gasteiger partial charge in [0.15, 0.2) is 6.10 Å². The van der Waals surface area contributed by atoms with E-state index in [9.17, 15) is 31.4 Å². The zero-order valence-corrected chi connectivity index (χ0v) is 20.3. The van der Waals surface area contributed by atoms with Gasteiger partial charge < -0.3 is 5.11 Å². The molecule has 3 saturated carbocycles. The van der Waals surface area contributed by atoms with Gasteiger partial charge >= 0.3 is 12.4 Å². The van der Waals surface area contributed by atoms with Crippen molar-refractivity contribution in [3.8, 4) is 0 Å². The Kier molecular flexibility index (Phi) is 5.69. The van der Waals surface area contributed by atoms with Crippen molar-refractivity contribution < 1.29 is 31.4 Å². The minimum absolute atomic E-state index is 0.0545. The SMILES string of the molecule is C[C@@H]([C@H]1CC[C@@H]2[C@]1(C)CC[C@H]1[C@@]2(C)CC=C2C[C@](C)(C(F)(F)F)CC[C@@]21C)[C@H](O)C(F)(F)F. The van der Waals surface area contributed by atoms with Crippen LogP contribution in [0.4, 0.5) is 26.3 Å². The van der Waals surface area contributed by atoms with E-state index in [-0.39, 0.29) is 46.8 Å². The molecule has 9 atom stereocenters. The van der Waals surface area contributed by atoms with Crippen LogP contribution >= 0.6 is 0 Å². The van der Waals surface area contributed by atoms with Crippen molar-refractivity contribution in [1.82, 2.24) is 0 Å². The molecule has 7 heteroatoms. The first kappa shape index (κ1) is 25.4. The highest BCUT2D eigenvalue weighted by atomic mass is 19.4. The number of fused-ring (bicyclic) bond motifs is 5. The third-order valence-electron chi connectivity index (χ3n) is 11.2. The van der Waals surface area contributed by atoms with Crippen LogP contribution < -0.4 is 0 Å². The molecule has 0 saturated heterocycles. The van der Waals surface area contributed by atoms with Gasteiger partial charge in [-0.25, -0.2) is 0 Å². The van der Waals surface area contributed by atoms with Crippen LogP contribution in [-0.4, -0.2) is 23.6 Å². The predicted octanol–water partition coefficient (Wildman–Crippen LogP) is 8.08. The molecule has 0 unspecified atom stereocenters. The van der Waals surface area contributed by atoms with Crippen LogP contribution in [0.2, 0.25) is 0 Å². The standard InChI is InChI=1S/C26H38F6O/c1-15(20(33)25(27,28)29)17-6-7-18-23(17,4)11-9-19-22(3)13-12-21(2,26(30,31)32)14-16(22)8-10-24(18,19)5/h8,15,17-20,33H,6-7,9-14H2,1-5H3/t15-,17+,18+,19+,20-,21+,22-,23+,24-/m0/s1. The number of aliphatic hydroxyl groups is 1. The number of hydrogen-bond acceptors (Lipinski definition) is 1. The Hall–Kier alpha value is -0.720. The van der Waals surface area contributed by atoms with Crippen molar-refractivity contribution in [2.75, 3.05) is 0 Å². The molecule has 0 aromatic heterocycles. The molecular weight excluding hydrogens is 442 g/mol. The predicted molar refractivity (Wildman–Crippen MR) is 115 cm³/mol. The minimum atomic E-state index is -4.63. The monoisotopic (exact) mass is 480 g/mol. The van der Waals surface area contributed by atoms with Crippen LogP contribution in [0.15, 0.2) is 11.6 Å². The smallest absolute Gasteiger partial charge is 0.383 e. The van der Waals surface area contributed by atoms with Gasteiger partial charge in [0, 0.05) is 0 Å². The zero-order valence-electron chi connectivity index (χ0n) is 20.3. The molecule has 0 amide bonds. The van der Waals surface area contributed by atoms with Crippen LogP contribution in [0.3, 0.4) is 0 Å². The highest BCUT2D eigenvalue weighted by Crippen LogP contribution is 2.73. The van der Waals surface area contributed by atoms with E-state index in [2.05, 4.69) is 26.8 Å². The molecule has 4 aliphatic rings. The van der Waals surface area contributed by atoms with Gasteiger partial charge in [-0.15, -0.1) is 0 Å². The minimum Gasteiger partial charge on any atom is -0.383 e. The first-order valence-electron chi connectivity index (χ1n) is 12.4. The van der Waals surface area contributed by atoms with Crippen LogP contribution in [-0.2, 0) is 0 Å². The summed E-state index contributed by atoms with van der Waals surface area (Å²) >= 11 is 0. The molecule has 33 heavy (non-hydrogen) atoms. The molecule has 0 spiro atoms. The second-order valence-corrected chi connectivity index (χ2v) is 12.8. The summed E-state index contributed by atoms with van der Waals surface area (Å²) in [5.74, 6) is -0.632. The van der Waals surface area contributed by atoms with Gasteiger partial charge in [-0.3, -0.25) is 0 Å². The summed E-state index contributed by atoms with van der Waals surface area (Å²) in [5.41, 5.74) is -1.47. The molecule has 1 N–H and O–H groups in total. The largest absolute Gasteiger partial charge is 0.414 e. The van der Waals surface area contributed by atoms with Gasteiger partial charge in [-0.2, -0.15) is 26.3 Å². The fraction of sp³-hybridized carbons (Fsp3) is 0.923. The van der Waals surface area contributed by atoms with Crippen LogP contribution in [0.25, 0.3) is 0 Å². The highest BCUT2D eigenvalue weighted by Gasteiger charge is 2.66. The Balaban J connectivity index is 1.64. The zero-order chi connectivity index (χ0) is 24.8. The number of rotatable bonds is 2. The number of alkyl halides is 6. The third kappa shape index (κ3) is 3.52. The van der Waals surface area contributed by atoms with Crippen molar-refractivity contribution in [2.45, 2.75) is 104 Å². The Morgan fingerprint density at radius 2 is 1.52 bits per heavy atom. The van der Waals surface area contributed by atoms with Gasteiger partial charge in [-0.05, 0) is 91.3 Å². The van der Waals surface area contributed by atoms with E-state index in [1.807, 2.05) is 0 Å². The lowest BCUT2D eigenvalue weighted by atomic mass is 9.40. The maximum atomic E-state index is 13.8. The van der Waals surface area contributed by atoms with Crippen LogP contribution in [0.5, 0.6) is 0 Å². The summed E-state index contributed by atoms with van der Waals surface area (Å²) in [7, 11) is 0. The lowest BCUT2D eigenvalue weighted by Gasteiger charge is -2.64. The quantitative estimate of drug-likeness (QED) is 0.313. The van der Waals surface area contributed by atoms with Gasteiger partial charge in [-0.1, -0.05) is 46.3 Å². The third-order valence-corrected chi connectivity index (χ3v) is 11.2. The van der Waals surface area contributed by atoms with Crippen molar-refractivity contribution in [3.05, 3.63) is 11.6 Å². The van der Waals surface area contributed by atoms with Gasteiger partial charge in [0.05, 0.1) is 5.41 Å². The summed E-state index contributed by atoms with van der Waals surface area (Å²) in [6.45, 7) is 9.36. The van der Waals surface area contributed by atoms with Crippen molar-refractivity contribution in [3.63, 3.8) is 0 Å². The van der Waals surface area contributed by atoms with Crippen LogP contribution in [0, 0.1) is 45.3 Å². The molecule has 0 aromatic carbocycles. The fourth-order valence-corrected chi connectivity index (χ4v) is 9.14. The van der Waals surface area contributed by atoms with Gasteiger partial charge in [0.25, 0.3) is 0 Å². The van der Waals surface area contributed by atoms with Crippen LogP contribution in [0.1, 0.15) is 86.0 Å². The molecule has 4 rings (SSSR count). The van der Waals surface area contributed by atoms with E-state index < -0.39 is 29.8 Å². The molecule has 3 fully saturated rings. The Morgan fingerprint density at radius 1 is 0.879 bits per heavy atom. The van der Waals surface area contributed by atoms with E-state index >= 15 is 0 Å². The average molecular weight is 481 g/mol. The normalized spacial score (nSPS) is 47.8. The fourth-order valence-electron chi connectivity index (χ4n) is 9.14. The summed E-state index contributed by atoms with van der Waals surface area (Å²) in [4.78, 5) is 0. The maximum absolute atomic E-state index is 13.8. The average Bonchev–Trinajstić information content (AvgIpc) is 3.04. The molecule has 1 nitrogen and oxygen atoms in total. The molecule has 0 heterocycles. The van der Waals surface area contributed by atoms with Gasteiger partial charge in [0.2, 0.25) is 0 Å². The summed E-state index contributed by atoms with van der Waals surface area (Å²) < 4.78 is 81.2. The molecule has 0 radical (unpaired) electrons. The van der Waals surface area contributed by atoms with Crippen molar-refractivity contribution >= 4 is 0 Å². The highest BCUT2D eigenvalue weighted by molar-refractivity contribution is 5.29. The van der Waals surface area contributed by atoms with E-state index in [4.69, 9.17) is 0 Å². The summed E-state index contributed by atoms with van der Waals surface area (Å²) in [6.07, 6.45) is -4.65. The Morgan fingerprint density at radius 3 is 2.09 bits per heavy atom. The Bertz CT molecular complexity index is 817. The number of halogens is 6. The molecule has 190 valence electrons. The molecule has 0 aliphatic heterocycles. The van der Waals surface area contributed by atoms with E-state index in [0.29, 0.717) is 19.3 Å². The van der Waals surface area contributed by atoms with Crippen molar-refractivity contribution in [1.29, 1.82) is 0 Å². The topological polar surface area (TPSA) is 20.2 Å². The van der Waals surface area contributed by atoms with E-state index in [1.54, 1.807) is 0 Å². The maximum Gasteiger partial charge on any atom is 0.414 e.